The molecule has 0 amide bonds. The van der Waals surface area contributed by atoms with Crippen molar-refractivity contribution >= 4 is 5.82 Å². The lowest BCUT2D eigenvalue weighted by Crippen LogP contribution is -2.00. The average Bonchev–Trinajstić information content (AvgIpc) is 2.41. The van der Waals surface area contributed by atoms with Gasteiger partial charge in [0.1, 0.15) is 11.6 Å². The van der Waals surface area contributed by atoms with Crippen molar-refractivity contribution in [2.45, 2.75) is 20.8 Å². The lowest BCUT2D eigenvalue weighted by Gasteiger charge is -2.13. The van der Waals surface area contributed by atoms with Gasteiger partial charge in [-0.1, -0.05) is 6.07 Å². The number of rotatable bonds is 5. The van der Waals surface area contributed by atoms with Crippen molar-refractivity contribution in [3.05, 3.63) is 30.2 Å². The number of aromatic nitrogens is 2. The highest BCUT2D eigenvalue weighted by atomic mass is 16.5. The van der Waals surface area contributed by atoms with Gasteiger partial charge in [0, 0.05) is 11.8 Å². The summed E-state index contributed by atoms with van der Waals surface area (Å²) >= 11 is 0. The minimum atomic E-state index is 0.462. The Morgan fingerprint density at radius 2 is 1.80 bits per heavy atom. The van der Waals surface area contributed by atoms with Gasteiger partial charge in [-0.05, 0) is 38.5 Å². The number of nitrogen functional groups attached to an aromatic ring is 1. The Labute approximate surface area is 118 Å². The van der Waals surface area contributed by atoms with E-state index in [4.69, 9.17) is 15.2 Å². The monoisotopic (exact) mass is 273 g/mol. The fourth-order valence-electron chi connectivity index (χ4n) is 1.93. The Morgan fingerprint density at radius 1 is 1.10 bits per heavy atom. The summed E-state index contributed by atoms with van der Waals surface area (Å²) in [5, 5.41) is 0. The van der Waals surface area contributed by atoms with Gasteiger partial charge in [-0.15, -0.1) is 0 Å². The van der Waals surface area contributed by atoms with Crippen LogP contribution in [0.5, 0.6) is 11.5 Å². The summed E-state index contributed by atoms with van der Waals surface area (Å²) in [7, 11) is 0. The summed E-state index contributed by atoms with van der Waals surface area (Å²) in [4.78, 5) is 8.37. The van der Waals surface area contributed by atoms with Gasteiger partial charge < -0.3 is 15.2 Å². The zero-order valence-electron chi connectivity index (χ0n) is 12.0. The third-order valence-electron chi connectivity index (χ3n) is 2.79. The minimum absolute atomic E-state index is 0.462. The first-order chi connectivity index (χ1) is 9.65. The number of hydrogen-bond donors (Lipinski definition) is 1. The number of hydrogen-bond acceptors (Lipinski definition) is 5. The summed E-state index contributed by atoms with van der Waals surface area (Å²) in [5.74, 6) is 2.54. The second-order valence-electron chi connectivity index (χ2n) is 4.24. The maximum Gasteiger partial charge on any atom is 0.161 e. The number of ether oxygens (including phenoxy) is 2. The zero-order chi connectivity index (χ0) is 14.5. The topological polar surface area (TPSA) is 70.3 Å². The third kappa shape index (κ3) is 2.99. The molecule has 0 bridgehead atoms. The lowest BCUT2D eigenvalue weighted by molar-refractivity contribution is 0.288. The summed E-state index contributed by atoms with van der Waals surface area (Å²) in [5.41, 5.74) is 7.65. The second kappa shape index (κ2) is 6.23. The van der Waals surface area contributed by atoms with E-state index in [1.54, 1.807) is 6.20 Å². The van der Waals surface area contributed by atoms with E-state index in [-0.39, 0.29) is 0 Å². The predicted molar refractivity (Wildman–Crippen MR) is 79.0 cm³/mol. The number of aryl methyl sites for hydroxylation is 1. The molecule has 0 radical (unpaired) electrons. The molecule has 2 aromatic rings. The molecular weight excluding hydrogens is 254 g/mol. The van der Waals surface area contributed by atoms with E-state index in [0.29, 0.717) is 30.6 Å². The summed E-state index contributed by atoms with van der Waals surface area (Å²) in [6.45, 7) is 6.85. The first-order valence-corrected chi connectivity index (χ1v) is 6.64. The molecule has 20 heavy (non-hydrogen) atoms. The SMILES string of the molecule is CCOc1ccc(-c2cnc(C)nc2N)cc1OCC. The van der Waals surface area contributed by atoms with Crippen LogP contribution in [0.15, 0.2) is 24.4 Å². The fraction of sp³-hybridized carbons (Fsp3) is 0.333. The van der Waals surface area contributed by atoms with E-state index in [2.05, 4.69) is 9.97 Å². The van der Waals surface area contributed by atoms with Crippen molar-refractivity contribution in [1.29, 1.82) is 0 Å². The molecule has 0 aliphatic carbocycles. The Morgan fingerprint density at radius 3 is 2.45 bits per heavy atom. The molecule has 0 fully saturated rings. The summed E-state index contributed by atoms with van der Waals surface area (Å²) in [6, 6.07) is 5.71. The van der Waals surface area contributed by atoms with Crippen LogP contribution in [0.25, 0.3) is 11.1 Å². The van der Waals surface area contributed by atoms with Gasteiger partial charge in [-0.3, -0.25) is 0 Å². The van der Waals surface area contributed by atoms with Crippen molar-refractivity contribution < 1.29 is 9.47 Å². The maximum absolute atomic E-state index is 5.95. The van der Waals surface area contributed by atoms with Gasteiger partial charge in [0.05, 0.1) is 13.2 Å². The molecule has 0 saturated heterocycles. The van der Waals surface area contributed by atoms with Gasteiger partial charge in [0.15, 0.2) is 11.5 Å². The summed E-state index contributed by atoms with van der Waals surface area (Å²) < 4.78 is 11.2. The Balaban J connectivity index is 2.44. The highest BCUT2D eigenvalue weighted by Gasteiger charge is 2.10. The van der Waals surface area contributed by atoms with E-state index in [0.717, 1.165) is 16.9 Å². The largest absolute Gasteiger partial charge is 0.490 e. The molecular formula is C15H19N3O2. The van der Waals surface area contributed by atoms with Crippen molar-refractivity contribution in [2.75, 3.05) is 18.9 Å². The standard InChI is InChI=1S/C15H19N3O2/c1-4-19-13-7-6-11(8-14(13)20-5-2)12-9-17-10(3)18-15(12)16/h6-9H,4-5H2,1-3H3,(H2,16,17,18). The normalized spacial score (nSPS) is 10.3. The van der Waals surface area contributed by atoms with Crippen molar-refractivity contribution in [2.24, 2.45) is 0 Å². The van der Waals surface area contributed by atoms with E-state index >= 15 is 0 Å². The second-order valence-corrected chi connectivity index (χ2v) is 4.24. The quantitative estimate of drug-likeness (QED) is 0.907. The van der Waals surface area contributed by atoms with Crippen LogP contribution < -0.4 is 15.2 Å². The molecule has 2 rings (SSSR count). The molecule has 0 spiro atoms. The molecule has 0 aliphatic heterocycles. The highest BCUT2D eigenvalue weighted by molar-refractivity contribution is 5.74. The molecule has 0 atom stereocenters. The molecule has 1 heterocycles. The smallest absolute Gasteiger partial charge is 0.161 e. The maximum atomic E-state index is 5.95. The van der Waals surface area contributed by atoms with Crippen molar-refractivity contribution in [3.63, 3.8) is 0 Å². The third-order valence-corrected chi connectivity index (χ3v) is 2.79. The van der Waals surface area contributed by atoms with E-state index in [1.165, 1.54) is 0 Å². The van der Waals surface area contributed by atoms with Gasteiger partial charge in [-0.2, -0.15) is 0 Å². The summed E-state index contributed by atoms with van der Waals surface area (Å²) in [6.07, 6.45) is 1.73. The first-order valence-electron chi connectivity index (χ1n) is 6.64. The van der Waals surface area contributed by atoms with Crippen LogP contribution in [0.4, 0.5) is 5.82 Å². The van der Waals surface area contributed by atoms with Crippen LogP contribution in [-0.2, 0) is 0 Å². The van der Waals surface area contributed by atoms with Gasteiger partial charge >= 0.3 is 0 Å². The van der Waals surface area contributed by atoms with E-state index < -0.39 is 0 Å². The molecule has 0 saturated carbocycles. The fourth-order valence-corrected chi connectivity index (χ4v) is 1.93. The number of anilines is 1. The van der Waals surface area contributed by atoms with Crippen LogP contribution in [0.1, 0.15) is 19.7 Å². The Kier molecular flexibility index (Phi) is 4.40. The molecule has 0 aliphatic rings. The molecule has 2 N–H and O–H groups in total. The van der Waals surface area contributed by atoms with Gasteiger partial charge in [0.2, 0.25) is 0 Å². The van der Waals surface area contributed by atoms with Crippen molar-refractivity contribution in [1.82, 2.24) is 9.97 Å². The van der Waals surface area contributed by atoms with Gasteiger partial charge in [-0.25, -0.2) is 9.97 Å². The zero-order valence-corrected chi connectivity index (χ0v) is 12.0. The van der Waals surface area contributed by atoms with Crippen LogP contribution in [0.2, 0.25) is 0 Å². The Hall–Kier alpha value is -2.30. The number of nitrogens with two attached hydrogens (primary N) is 1. The molecule has 5 heteroatoms. The number of benzene rings is 1. The molecule has 1 aromatic carbocycles. The molecule has 5 nitrogen and oxygen atoms in total. The molecule has 1 aromatic heterocycles. The van der Waals surface area contributed by atoms with Crippen LogP contribution >= 0.6 is 0 Å². The predicted octanol–water partition coefficient (Wildman–Crippen LogP) is 2.83. The van der Waals surface area contributed by atoms with Crippen LogP contribution in [0.3, 0.4) is 0 Å². The van der Waals surface area contributed by atoms with Crippen LogP contribution in [0, 0.1) is 6.92 Å². The van der Waals surface area contributed by atoms with E-state index in [1.807, 2.05) is 39.0 Å². The molecule has 106 valence electrons. The van der Waals surface area contributed by atoms with E-state index in [9.17, 15) is 0 Å². The van der Waals surface area contributed by atoms with Crippen LogP contribution in [-0.4, -0.2) is 23.2 Å². The highest BCUT2D eigenvalue weighted by Crippen LogP contribution is 2.34. The number of nitrogens with zero attached hydrogens (tertiary/aromatic N) is 2. The van der Waals surface area contributed by atoms with Gasteiger partial charge in [0.25, 0.3) is 0 Å². The van der Waals surface area contributed by atoms with Crippen molar-refractivity contribution in [3.8, 4) is 22.6 Å². The minimum Gasteiger partial charge on any atom is -0.490 e. The average molecular weight is 273 g/mol. The lowest BCUT2D eigenvalue weighted by atomic mass is 10.1. The first kappa shape index (κ1) is 14.1. The Bertz CT molecular complexity index is 600. The molecule has 0 unspecified atom stereocenters.